The lowest BCUT2D eigenvalue weighted by atomic mass is 9.91. The highest BCUT2D eigenvalue weighted by Gasteiger charge is 2.25. The lowest BCUT2D eigenvalue weighted by Crippen LogP contribution is -2.42. The molecule has 0 saturated carbocycles. The maximum atomic E-state index is 13.8. The van der Waals surface area contributed by atoms with Crippen molar-refractivity contribution in [1.29, 1.82) is 0 Å². The van der Waals surface area contributed by atoms with Gasteiger partial charge in [0.25, 0.3) is 0 Å². The van der Waals surface area contributed by atoms with Crippen molar-refractivity contribution in [1.82, 2.24) is 5.32 Å². The molecule has 1 fully saturated rings. The van der Waals surface area contributed by atoms with Crippen LogP contribution in [0.5, 0.6) is 0 Å². The van der Waals surface area contributed by atoms with E-state index in [9.17, 15) is 4.39 Å². The summed E-state index contributed by atoms with van der Waals surface area (Å²) < 4.78 is 13.8. The largest absolute Gasteiger partial charge is 0.368 e. The molecular weight excluding hydrogens is 239 g/mol. The third kappa shape index (κ3) is 3.47. The Morgan fingerprint density at radius 1 is 1.32 bits per heavy atom. The maximum Gasteiger partial charge on any atom is 0.125 e. The Bertz CT molecular complexity index is 419. The van der Waals surface area contributed by atoms with Crippen molar-refractivity contribution in [3.63, 3.8) is 0 Å². The van der Waals surface area contributed by atoms with Crippen LogP contribution in [0.4, 0.5) is 10.1 Å². The van der Waals surface area contributed by atoms with E-state index in [0.717, 1.165) is 30.9 Å². The molecular formula is C16H25FN2. The number of anilines is 1. The molecule has 1 heterocycles. The molecule has 2 unspecified atom stereocenters. The first-order chi connectivity index (χ1) is 9.11. The van der Waals surface area contributed by atoms with Crippen LogP contribution >= 0.6 is 0 Å². The van der Waals surface area contributed by atoms with Crippen LogP contribution in [0.1, 0.15) is 39.2 Å². The Balaban J connectivity index is 2.20. The predicted molar refractivity (Wildman–Crippen MR) is 79.0 cm³/mol. The molecule has 0 radical (unpaired) electrons. The molecule has 3 heteroatoms. The molecule has 2 nitrogen and oxygen atoms in total. The minimum atomic E-state index is -0.129. The molecule has 0 aromatic heterocycles. The monoisotopic (exact) mass is 264 g/mol. The van der Waals surface area contributed by atoms with E-state index < -0.39 is 0 Å². The highest BCUT2D eigenvalue weighted by Crippen LogP contribution is 2.29. The average Bonchev–Trinajstić information content (AvgIpc) is 2.39. The Labute approximate surface area is 116 Å². The Morgan fingerprint density at radius 2 is 2.11 bits per heavy atom. The van der Waals surface area contributed by atoms with Gasteiger partial charge in [0, 0.05) is 24.8 Å². The average molecular weight is 264 g/mol. The zero-order chi connectivity index (χ0) is 13.8. The summed E-state index contributed by atoms with van der Waals surface area (Å²) >= 11 is 0. The molecule has 2 atom stereocenters. The van der Waals surface area contributed by atoms with Gasteiger partial charge in [-0.05, 0) is 56.0 Å². The lowest BCUT2D eigenvalue weighted by Gasteiger charge is -2.39. The third-order valence-corrected chi connectivity index (χ3v) is 4.23. The van der Waals surface area contributed by atoms with Crippen molar-refractivity contribution in [2.45, 2.75) is 46.2 Å². The smallest absolute Gasteiger partial charge is 0.125 e. The van der Waals surface area contributed by atoms with Crippen LogP contribution in [0.15, 0.2) is 18.2 Å². The van der Waals surface area contributed by atoms with Gasteiger partial charge in [0.15, 0.2) is 0 Å². The molecule has 1 aliphatic rings. The molecule has 1 aliphatic heterocycles. The molecule has 106 valence electrons. The molecule has 2 rings (SSSR count). The first-order valence-corrected chi connectivity index (χ1v) is 7.38. The van der Waals surface area contributed by atoms with Crippen molar-refractivity contribution in [3.8, 4) is 0 Å². The summed E-state index contributed by atoms with van der Waals surface area (Å²) in [5.41, 5.74) is 2.06. The number of nitrogens with one attached hydrogen (secondary N) is 1. The van der Waals surface area contributed by atoms with Crippen LogP contribution in [-0.2, 0) is 6.54 Å². The minimum Gasteiger partial charge on any atom is -0.368 e. The Hall–Kier alpha value is -1.09. The predicted octanol–water partition coefficient (Wildman–Crippen LogP) is 3.56. The topological polar surface area (TPSA) is 15.3 Å². The van der Waals surface area contributed by atoms with E-state index in [2.05, 4.69) is 37.1 Å². The summed E-state index contributed by atoms with van der Waals surface area (Å²) in [6.45, 7) is 9.28. The van der Waals surface area contributed by atoms with E-state index in [1.807, 2.05) is 0 Å². The first kappa shape index (κ1) is 14.3. The van der Waals surface area contributed by atoms with Gasteiger partial charge in [-0.3, -0.25) is 0 Å². The standard InChI is InChI=1S/C16H25FN2/c1-4-18-11-14-8-15(17)10-16(9-14)19-7-5-6-12(2)13(19)3/h8-10,12-13,18H,4-7,11H2,1-3H3. The van der Waals surface area contributed by atoms with Crippen LogP contribution < -0.4 is 10.2 Å². The molecule has 1 N–H and O–H groups in total. The second kappa shape index (κ2) is 6.38. The number of benzene rings is 1. The summed E-state index contributed by atoms with van der Waals surface area (Å²) in [5, 5.41) is 3.26. The van der Waals surface area contributed by atoms with Gasteiger partial charge in [-0.25, -0.2) is 4.39 Å². The van der Waals surface area contributed by atoms with Crippen molar-refractivity contribution in [2.75, 3.05) is 18.0 Å². The van der Waals surface area contributed by atoms with E-state index in [1.54, 1.807) is 12.1 Å². The normalized spacial score (nSPS) is 23.7. The van der Waals surface area contributed by atoms with E-state index >= 15 is 0 Å². The third-order valence-electron chi connectivity index (χ3n) is 4.23. The number of rotatable bonds is 4. The molecule has 0 spiro atoms. The fourth-order valence-corrected chi connectivity index (χ4v) is 2.87. The van der Waals surface area contributed by atoms with Gasteiger partial charge < -0.3 is 10.2 Å². The molecule has 0 aliphatic carbocycles. The minimum absolute atomic E-state index is 0.129. The molecule has 1 aromatic rings. The zero-order valence-electron chi connectivity index (χ0n) is 12.2. The van der Waals surface area contributed by atoms with Crippen LogP contribution in [-0.4, -0.2) is 19.1 Å². The first-order valence-electron chi connectivity index (χ1n) is 7.38. The summed E-state index contributed by atoms with van der Waals surface area (Å²) in [7, 11) is 0. The highest BCUT2D eigenvalue weighted by molar-refractivity contribution is 5.50. The second-order valence-corrected chi connectivity index (χ2v) is 5.65. The van der Waals surface area contributed by atoms with Crippen LogP contribution in [0.2, 0.25) is 0 Å². The molecule has 19 heavy (non-hydrogen) atoms. The van der Waals surface area contributed by atoms with Crippen LogP contribution in [0.3, 0.4) is 0 Å². The quantitative estimate of drug-likeness (QED) is 0.894. The van der Waals surface area contributed by atoms with Gasteiger partial charge >= 0.3 is 0 Å². The fraction of sp³-hybridized carbons (Fsp3) is 0.625. The second-order valence-electron chi connectivity index (χ2n) is 5.65. The van der Waals surface area contributed by atoms with Gasteiger partial charge in [-0.15, -0.1) is 0 Å². The van der Waals surface area contributed by atoms with Crippen molar-refractivity contribution < 1.29 is 4.39 Å². The van der Waals surface area contributed by atoms with Gasteiger partial charge in [0.1, 0.15) is 5.82 Å². The van der Waals surface area contributed by atoms with Gasteiger partial charge in [-0.2, -0.15) is 0 Å². The van der Waals surface area contributed by atoms with E-state index in [4.69, 9.17) is 0 Å². The SMILES string of the molecule is CCNCc1cc(F)cc(N2CCCC(C)C2C)c1. The zero-order valence-corrected chi connectivity index (χ0v) is 12.2. The van der Waals surface area contributed by atoms with Gasteiger partial charge in [0.2, 0.25) is 0 Å². The van der Waals surface area contributed by atoms with E-state index in [1.165, 1.54) is 12.8 Å². The van der Waals surface area contributed by atoms with E-state index in [-0.39, 0.29) is 5.82 Å². The van der Waals surface area contributed by atoms with Crippen LogP contribution in [0, 0.1) is 11.7 Å². The molecule has 0 bridgehead atoms. The Morgan fingerprint density at radius 3 is 2.84 bits per heavy atom. The highest BCUT2D eigenvalue weighted by atomic mass is 19.1. The Kier molecular flexibility index (Phi) is 4.81. The molecule has 0 amide bonds. The number of hydrogen-bond donors (Lipinski definition) is 1. The number of nitrogens with zero attached hydrogens (tertiary/aromatic N) is 1. The van der Waals surface area contributed by atoms with Crippen molar-refractivity contribution in [3.05, 3.63) is 29.6 Å². The summed E-state index contributed by atoms with van der Waals surface area (Å²) in [6.07, 6.45) is 2.47. The van der Waals surface area contributed by atoms with Crippen molar-refractivity contribution >= 4 is 5.69 Å². The maximum absolute atomic E-state index is 13.8. The van der Waals surface area contributed by atoms with Crippen molar-refractivity contribution in [2.24, 2.45) is 5.92 Å². The van der Waals surface area contributed by atoms with Gasteiger partial charge in [0.05, 0.1) is 0 Å². The lowest BCUT2D eigenvalue weighted by molar-refractivity contribution is 0.363. The number of halogens is 1. The summed E-state index contributed by atoms with van der Waals surface area (Å²) in [6, 6.07) is 5.91. The van der Waals surface area contributed by atoms with E-state index in [0.29, 0.717) is 12.0 Å². The number of hydrogen-bond acceptors (Lipinski definition) is 2. The summed E-state index contributed by atoms with van der Waals surface area (Å²) in [4.78, 5) is 2.35. The molecule has 1 aromatic carbocycles. The molecule has 1 saturated heterocycles. The summed E-state index contributed by atoms with van der Waals surface area (Å²) in [5.74, 6) is 0.546. The number of piperidine rings is 1. The van der Waals surface area contributed by atoms with Crippen LogP contribution in [0.25, 0.3) is 0 Å². The van der Waals surface area contributed by atoms with Gasteiger partial charge in [-0.1, -0.05) is 13.8 Å². The fourth-order valence-electron chi connectivity index (χ4n) is 2.87.